The van der Waals surface area contributed by atoms with Crippen molar-refractivity contribution in [1.82, 2.24) is 14.9 Å². The summed E-state index contributed by atoms with van der Waals surface area (Å²) in [6.45, 7) is 1.06. The lowest BCUT2D eigenvalue weighted by Gasteiger charge is -2.29. The Labute approximate surface area is 188 Å². The molecule has 0 saturated carbocycles. The van der Waals surface area contributed by atoms with Crippen molar-refractivity contribution in [3.63, 3.8) is 0 Å². The van der Waals surface area contributed by atoms with Crippen molar-refractivity contribution >= 4 is 33.5 Å². The third kappa shape index (κ3) is 3.42. The number of urea groups is 1. The zero-order valence-electron chi connectivity index (χ0n) is 17.6. The highest BCUT2D eigenvalue weighted by atomic mass is 19.1. The van der Waals surface area contributed by atoms with E-state index in [0.717, 1.165) is 39.5 Å². The van der Waals surface area contributed by atoms with Crippen molar-refractivity contribution in [2.75, 3.05) is 11.9 Å². The first-order chi connectivity index (χ1) is 16.0. The number of aromatic nitrogens is 2. The number of aromatic amines is 2. The van der Waals surface area contributed by atoms with Crippen LogP contribution in [0.2, 0.25) is 0 Å². The summed E-state index contributed by atoms with van der Waals surface area (Å²) in [6.07, 6.45) is 4.30. The van der Waals surface area contributed by atoms with Crippen LogP contribution in [0.5, 0.6) is 0 Å². The van der Waals surface area contributed by atoms with E-state index in [2.05, 4.69) is 21.4 Å². The van der Waals surface area contributed by atoms with Gasteiger partial charge in [-0.1, -0.05) is 18.2 Å². The van der Waals surface area contributed by atoms with Gasteiger partial charge < -0.3 is 20.2 Å². The van der Waals surface area contributed by atoms with E-state index in [1.165, 1.54) is 23.8 Å². The highest BCUT2D eigenvalue weighted by Gasteiger charge is 2.22. The molecule has 0 radical (unpaired) electrons. The number of nitrogens with zero attached hydrogens (tertiary/aromatic N) is 1. The highest BCUT2D eigenvalue weighted by Crippen LogP contribution is 2.32. The molecule has 2 aromatic heterocycles. The molecule has 0 atom stereocenters. The molecule has 0 bridgehead atoms. The summed E-state index contributed by atoms with van der Waals surface area (Å²) < 4.78 is 27.4. The lowest BCUT2D eigenvalue weighted by Crippen LogP contribution is -2.38. The Bertz CT molecular complexity index is 1530. The molecule has 7 heteroatoms. The Kier molecular flexibility index (Phi) is 4.43. The fraction of sp³-hybridized carbons (Fsp3) is 0.115. The van der Waals surface area contributed by atoms with Crippen molar-refractivity contribution in [2.24, 2.45) is 0 Å². The van der Waals surface area contributed by atoms with E-state index in [4.69, 9.17) is 0 Å². The Morgan fingerprint density at radius 3 is 2.39 bits per heavy atom. The molecule has 6 rings (SSSR count). The number of carbonyl (C=O) groups is 1. The van der Waals surface area contributed by atoms with E-state index in [1.54, 1.807) is 29.3 Å². The second-order valence-corrected chi connectivity index (χ2v) is 8.37. The largest absolute Gasteiger partial charge is 0.361 e. The molecular formula is C26H20F2N4O. The molecule has 164 valence electrons. The number of hydrogen-bond acceptors (Lipinski definition) is 1. The van der Waals surface area contributed by atoms with Crippen LogP contribution in [0.3, 0.4) is 0 Å². The van der Waals surface area contributed by atoms with Gasteiger partial charge in [0.2, 0.25) is 0 Å². The number of nitrogens with one attached hydrogen (secondary N) is 3. The number of halogens is 2. The fourth-order valence-electron chi connectivity index (χ4n) is 4.62. The maximum Gasteiger partial charge on any atom is 0.322 e. The van der Waals surface area contributed by atoms with Crippen molar-refractivity contribution in [1.29, 1.82) is 0 Å². The van der Waals surface area contributed by atoms with Gasteiger partial charge in [-0.3, -0.25) is 0 Å². The lowest BCUT2D eigenvalue weighted by atomic mass is 9.94. The third-order valence-electron chi connectivity index (χ3n) is 6.35. The van der Waals surface area contributed by atoms with Gasteiger partial charge in [-0.05, 0) is 59.5 Å². The minimum Gasteiger partial charge on any atom is -0.361 e. The average molecular weight is 442 g/mol. The van der Waals surface area contributed by atoms with Crippen LogP contribution < -0.4 is 5.32 Å². The van der Waals surface area contributed by atoms with Crippen molar-refractivity contribution in [2.45, 2.75) is 13.0 Å². The summed E-state index contributed by atoms with van der Waals surface area (Å²) in [5.41, 5.74) is 6.45. The van der Waals surface area contributed by atoms with E-state index < -0.39 is 0 Å². The highest BCUT2D eigenvalue weighted by molar-refractivity contribution is 6.01. The molecule has 1 aliphatic rings. The number of H-pyrrole nitrogens is 2. The van der Waals surface area contributed by atoms with E-state index in [1.807, 2.05) is 18.3 Å². The van der Waals surface area contributed by atoms with Crippen LogP contribution in [-0.4, -0.2) is 27.4 Å². The van der Waals surface area contributed by atoms with Crippen LogP contribution in [0.25, 0.3) is 32.9 Å². The summed E-state index contributed by atoms with van der Waals surface area (Å²) >= 11 is 0. The molecule has 3 heterocycles. The number of amides is 2. The van der Waals surface area contributed by atoms with Gasteiger partial charge >= 0.3 is 6.03 Å². The summed E-state index contributed by atoms with van der Waals surface area (Å²) in [6, 6.07) is 15.1. The van der Waals surface area contributed by atoms with Crippen LogP contribution in [0, 0.1) is 11.6 Å². The Balaban J connectivity index is 1.23. The fourth-order valence-corrected chi connectivity index (χ4v) is 4.62. The zero-order valence-corrected chi connectivity index (χ0v) is 17.6. The maximum atomic E-state index is 13.8. The van der Waals surface area contributed by atoms with Gasteiger partial charge in [-0.25, -0.2) is 13.6 Å². The second kappa shape index (κ2) is 7.48. The van der Waals surface area contributed by atoms with Crippen LogP contribution in [0.1, 0.15) is 11.1 Å². The van der Waals surface area contributed by atoms with Gasteiger partial charge in [0.15, 0.2) is 0 Å². The molecule has 0 unspecified atom stereocenters. The van der Waals surface area contributed by atoms with E-state index >= 15 is 0 Å². The van der Waals surface area contributed by atoms with Gasteiger partial charge in [0.05, 0.1) is 5.69 Å². The smallest absolute Gasteiger partial charge is 0.322 e. The molecule has 33 heavy (non-hydrogen) atoms. The Morgan fingerprint density at radius 1 is 0.848 bits per heavy atom. The van der Waals surface area contributed by atoms with Crippen molar-refractivity contribution in [3.05, 3.63) is 89.8 Å². The number of anilines is 1. The molecule has 0 saturated heterocycles. The lowest BCUT2D eigenvalue weighted by molar-refractivity contribution is 0.206. The molecule has 0 fully saturated rings. The number of benzene rings is 3. The van der Waals surface area contributed by atoms with Gasteiger partial charge in [-0.2, -0.15) is 0 Å². The summed E-state index contributed by atoms with van der Waals surface area (Å²) in [4.78, 5) is 20.9. The molecule has 0 spiro atoms. The molecule has 2 amide bonds. The summed E-state index contributed by atoms with van der Waals surface area (Å²) in [7, 11) is 0. The quantitative estimate of drug-likeness (QED) is 0.300. The first-order valence-electron chi connectivity index (χ1n) is 10.8. The molecule has 5 aromatic rings. The zero-order chi connectivity index (χ0) is 22.5. The molecule has 3 aromatic carbocycles. The van der Waals surface area contributed by atoms with Crippen molar-refractivity contribution in [3.8, 4) is 11.1 Å². The molecule has 5 nitrogen and oxygen atoms in total. The minimum atomic E-state index is -0.349. The first-order valence-corrected chi connectivity index (χ1v) is 10.8. The predicted octanol–water partition coefficient (Wildman–Crippen LogP) is 6.18. The predicted molar refractivity (Wildman–Crippen MR) is 125 cm³/mol. The molecule has 3 N–H and O–H groups in total. The van der Waals surface area contributed by atoms with Crippen LogP contribution in [-0.2, 0) is 13.0 Å². The number of rotatable bonds is 2. The monoisotopic (exact) mass is 442 g/mol. The van der Waals surface area contributed by atoms with Gasteiger partial charge in [0, 0.05) is 52.9 Å². The van der Waals surface area contributed by atoms with E-state index in [-0.39, 0.29) is 17.7 Å². The summed E-state index contributed by atoms with van der Waals surface area (Å²) in [5.74, 6) is -0.612. The number of carbonyl (C=O) groups excluding carboxylic acids is 1. The van der Waals surface area contributed by atoms with Crippen LogP contribution in [0.15, 0.2) is 67.0 Å². The van der Waals surface area contributed by atoms with Crippen LogP contribution >= 0.6 is 0 Å². The number of fused-ring (bicyclic) bond motifs is 3. The van der Waals surface area contributed by atoms with Gasteiger partial charge in [0.25, 0.3) is 0 Å². The summed E-state index contributed by atoms with van der Waals surface area (Å²) in [5, 5.41) is 4.39. The Hall–Kier alpha value is -4.13. The molecular weight excluding hydrogens is 422 g/mol. The topological polar surface area (TPSA) is 63.9 Å². The van der Waals surface area contributed by atoms with E-state index in [9.17, 15) is 13.6 Å². The molecule has 0 aliphatic carbocycles. The van der Waals surface area contributed by atoms with Crippen LogP contribution in [0.4, 0.5) is 19.3 Å². The molecule has 1 aliphatic heterocycles. The maximum absolute atomic E-state index is 13.8. The minimum absolute atomic E-state index is 0.220. The average Bonchev–Trinajstić information content (AvgIpc) is 3.42. The van der Waals surface area contributed by atoms with Crippen molar-refractivity contribution < 1.29 is 13.6 Å². The van der Waals surface area contributed by atoms with Gasteiger partial charge in [0.1, 0.15) is 11.6 Å². The number of hydrogen-bond donors (Lipinski definition) is 3. The normalized spacial score (nSPS) is 13.5. The SMILES string of the molecule is O=C(Nc1c[nH]c2ccc(F)cc12)N1CCc2cc(-c3c[nH]c4ccc(F)cc34)ccc2C1. The first kappa shape index (κ1) is 19.5. The van der Waals surface area contributed by atoms with E-state index in [0.29, 0.717) is 24.2 Å². The Morgan fingerprint density at radius 2 is 1.58 bits per heavy atom. The van der Waals surface area contributed by atoms with Gasteiger partial charge in [-0.15, -0.1) is 0 Å². The standard InChI is InChI=1S/C26H20F2N4O/c27-18-3-5-23-20(10-18)22(12-29-23)16-1-2-17-14-32(8-7-15(17)9-16)26(33)31-25-13-30-24-6-4-19(28)11-21(24)25/h1-6,9-13,29-30H,7-8,14H2,(H,31,33). The second-order valence-electron chi connectivity index (χ2n) is 8.37. The third-order valence-corrected chi connectivity index (χ3v) is 6.35.